The number of thioether (sulfide) groups is 1. The molecule has 5 heteroatoms. The number of carbonyl (C=O) groups is 2. The molecule has 0 aliphatic heterocycles. The molecule has 86 valence electrons. The third-order valence-corrected chi connectivity index (χ3v) is 2.80. The van der Waals surface area contributed by atoms with Crippen molar-refractivity contribution >= 4 is 23.6 Å². The fourth-order valence-electron chi connectivity index (χ4n) is 0.951. The van der Waals surface area contributed by atoms with Crippen LogP contribution in [0.2, 0.25) is 0 Å². The van der Waals surface area contributed by atoms with Crippen LogP contribution < -0.4 is 5.32 Å². The second-order valence-corrected chi connectivity index (χ2v) is 4.25. The van der Waals surface area contributed by atoms with Crippen molar-refractivity contribution in [3.63, 3.8) is 0 Å². The van der Waals surface area contributed by atoms with Crippen LogP contribution in [0.3, 0.4) is 0 Å². The van der Waals surface area contributed by atoms with Gasteiger partial charge in [0.2, 0.25) is 5.91 Å². The van der Waals surface area contributed by atoms with Crippen LogP contribution >= 0.6 is 11.8 Å². The Kier molecular flexibility index (Phi) is 7.81. The number of hydrogen-bond acceptors (Lipinski definition) is 3. The Bertz CT molecular complexity index is 231. The first kappa shape index (κ1) is 14.0. The monoisotopic (exact) mass is 231 g/mol. The molecule has 15 heavy (non-hydrogen) atoms. The van der Waals surface area contributed by atoms with Gasteiger partial charge in [-0.05, 0) is 18.6 Å². The van der Waals surface area contributed by atoms with Crippen molar-refractivity contribution in [2.24, 2.45) is 0 Å². The lowest BCUT2D eigenvalue weighted by molar-refractivity contribution is -0.140. The molecule has 1 amide bonds. The zero-order valence-corrected chi connectivity index (χ0v) is 9.68. The van der Waals surface area contributed by atoms with E-state index in [4.69, 9.17) is 5.11 Å². The van der Waals surface area contributed by atoms with Crippen LogP contribution in [0.25, 0.3) is 0 Å². The summed E-state index contributed by atoms with van der Waals surface area (Å²) in [6, 6.07) is -0.781. The molecule has 0 aromatic carbocycles. The summed E-state index contributed by atoms with van der Waals surface area (Å²) in [5, 5.41) is 11.2. The molecule has 0 spiro atoms. The summed E-state index contributed by atoms with van der Waals surface area (Å²) in [5.41, 5.74) is 0. The van der Waals surface area contributed by atoms with E-state index in [2.05, 4.69) is 11.9 Å². The number of hydrogen-bond donors (Lipinski definition) is 2. The summed E-state index contributed by atoms with van der Waals surface area (Å²) in [7, 11) is 0. The van der Waals surface area contributed by atoms with Crippen LogP contribution in [-0.2, 0) is 9.59 Å². The molecule has 0 aromatic rings. The smallest absolute Gasteiger partial charge is 0.327 e. The van der Waals surface area contributed by atoms with Crippen LogP contribution in [0.5, 0.6) is 0 Å². The van der Waals surface area contributed by atoms with Gasteiger partial charge in [-0.3, -0.25) is 4.79 Å². The SMILES string of the molecule is C=CCCCSCC(NC(C)=O)C(=O)O. The van der Waals surface area contributed by atoms with Crippen molar-refractivity contribution in [2.45, 2.75) is 25.8 Å². The minimum absolute atomic E-state index is 0.311. The Morgan fingerprint density at radius 3 is 2.73 bits per heavy atom. The maximum atomic E-state index is 10.7. The second-order valence-electron chi connectivity index (χ2n) is 3.10. The van der Waals surface area contributed by atoms with E-state index in [1.807, 2.05) is 6.08 Å². The van der Waals surface area contributed by atoms with E-state index in [9.17, 15) is 9.59 Å². The van der Waals surface area contributed by atoms with Crippen LogP contribution in [0, 0.1) is 0 Å². The van der Waals surface area contributed by atoms with Gasteiger partial charge in [-0.2, -0.15) is 11.8 Å². The number of allylic oxidation sites excluding steroid dienone is 1. The molecule has 0 aliphatic carbocycles. The molecule has 0 bridgehead atoms. The molecule has 0 saturated carbocycles. The molecular weight excluding hydrogens is 214 g/mol. The Labute approximate surface area is 94.1 Å². The summed E-state index contributed by atoms with van der Waals surface area (Å²) in [4.78, 5) is 21.4. The average molecular weight is 231 g/mol. The third-order valence-electron chi connectivity index (χ3n) is 1.66. The lowest BCUT2D eigenvalue weighted by atomic mass is 10.3. The molecule has 1 atom stereocenters. The van der Waals surface area contributed by atoms with Crippen LogP contribution in [-0.4, -0.2) is 34.5 Å². The number of carboxylic acid groups (broad SMARTS) is 1. The zero-order chi connectivity index (χ0) is 11.7. The van der Waals surface area contributed by atoms with Gasteiger partial charge in [0.15, 0.2) is 0 Å². The highest BCUT2D eigenvalue weighted by Crippen LogP contribution is 2.07. The number of carboxylic acids is 1. The van der Waals surface area contributed by atoms with Crippen molar-refractivity contribution in [3.05, 3.63) is 12.7 Å². The van der Waals surface area contributed by atoms with Gasteiger partial charge in [0.1, 0.15) is 6.04 Å². The number of carbonyl (C=O) groups excluding carboxylic acids is 1. The minimum Gasteiger partial charge on any atom is -0.480 e. The largest absolute Gasteiger partial charge is 0.480 e. The van der Waals surface area contributed by atoms with Crippen molar-refractivity contribution in [3.8, 4) is 0 Å². The number of unbranched alkanes of at least 4 members (excludes halogenated alkanes) is 1. The summed E-state index contributed by atoms with van der Waals surface area (Å²) >= 11 is 1.53. The van der Waals surface area contributed by atoms with Gasteiger partial charge >= 0.3 is 5.97 Å². The number of amides is 1. The highest BCUT2D eigenvalue weighted by atomic mass is 32.2. The maximum absolute atomic E-state index is 10.7. The highest BCUT2D eigenvalue weighted by Gasteiger charge is 2.17. The van der Waals surface area contributed by atoms with E-state index in [1.165, 1.54) is 18.7 Å². The van der Waals surface area contributed by atoms with Crippen molar-refractivity contribution in [1.29, 1.82) is 0 Å². The first-order valence-electron chi connectivity index (χ1n) is 4.76. The number of rotatable bonds is 8. The molecule has 0 radical (unpaired) electrons. The Hall–Kier alpha value is -0.970. The van der Waals surface area contributed by atoms with Crippen molar-refractivity contribution in [2.75, 3.05) is 11.5 Å². The minimum atomic E-state index is -0.985. The summed E-state index contributed by atoms with van der Waals surface area (Å²) in [6.07, 6.45) is 3.76. The predicted octanol–water partition coefficient (Wildman–Crippen LogP) is 1.28. The number of aliphatic carboxylic acids is 1. The van der Waals surface area contributed by atoms with E-state index in [0.717, 1.165) is 18.6 Å². The van der Waals surface area contributed by atoms with Crippen LogP contribution in [0.1, 0.15) is 19.8 Å². The van der Waals surface area contributed by atoms with E-state index < -0.39 is 12.0 Å². The second kappa shape index (κ2) is 8.35. The van der Waals surface area contributed by atoms with E-state index in [0.29, 0.717) is 5.75 Å². The van der Waals surface area contributed by atoms with Crippen molar-refractivity contribution < 1.29 is 14.7 Å². The topological polar surface area (TPSA) is 66.4 Å². The van der Waals surface area contributed by atoms with Gasteiger partial charge < -0.3 is 10.4 Å². The molecule has 0 aliphatic rings. The van der Waals surface area contributed by atoms with Crippen molar-refractivity contribution in [1.82, 2.24) is 5.32 Å². The third kappa shape index (κ3) is 8.05. The fourth-order valence-corrected chi connectivity index (χ4v) is 1.95. The van der Waals surface area contributed by atoms with Gasteiger partial charge in [0.25, 0.3) is 0 Å². The highest BCUT2D eigenvalue weighted by molar-refractivity contribution is 7.99. The summed E-state index contributed by atoms with van der Waals surface area (Å²) < 4.78 is 0. The van der Waals surface area contributed by atoms with Gasteiger partial charge in [0.05, 0.1) is 0 Å². The van der Waals surface area contributed by atoms with Gasteiger partial charge in [-0.1, -0.05) is 6.08 Å². The van der Waals surface area contributed by atoms with Crippen LogP contribution in [0.4, 0.5) is 0 Å². The quantitative estimate of drug-likeness (QED) is 0.488. The standard InChI is InChI=1S/C10H17NO3S/c1-3-4-5-6-15-7-9(10(13)14)11-8(2)12/h3,9H,1,4-7H2,2H3,(H,11,12)(H,13,14). The zero-order valence-electron chi connectivity index (χ0n) is 8.86. The number of nitrogens with one attached hydrogen (secondary N) is 1. The maximum Gasteiger partial charge on any atom is 0.327 e. The molecule has 1 unspecified atom stereocenters. The molecule has 4 nitrogen and oxygen atoms in total. The predicted molar refractivity (Wildman–Crippen MR) is 62.0 cm³/mol. The first-order valence-corrected chi connectivity index (χ1v) is 5.92. The summed E-state index contributed by atoms with van der Waals surface area (Å²) in [5.74, 6) is -0.00273. The van der Waals surface area contributed by atoms with E-state index in [1.54, 1.807) is 0 Å². The molecule has 0 fully saturated rings. The molecule has 0 heterocycles. The van der Waals surface area contributed by atoms with Gasteiger partial charge in [-0.15, -0.1) is 6.58 Å². The molecule has 0 aromatic heterocycles. The molecule has 0 rings (SSSR count). The lowest BCUT2D eigenvalue weighted by Crippen LogP contribution is -2.41. The lowest BCUT2D eigenvalue weighted by Gasteiger charge is -2.12. The van der Waals surface area contributed by atoms with E-state index >= 15 is 0 Å². The Balaban J connectivity index is 3.71. The normalized spacial score (nSPS) is 11.8. The van der Waals surface area contributed by atoms with Crippen LogP contribution in [0.15, 0.2) is 12.7 Å². The van der Waals surface area contributed by atoms with Gasteiger partial charge in [-0.25, -0.2) is 4.79 Å². The molecule has 2 N–H and O–H groups in total. The summed E-state index contributed by atoms with van der Waals surface area (Å²) in [6.45, 7) is 4.92. The Morgan fingerprint density at radius 2 is 2.27 bits per heavy atom. The fraction of sp³-hybridized carbons (Fsp3) is 0.600. The first-order chi connectivity index (χ1) is 7.07. The molecule has 0 saturated heterocycles. The van der Waals surface area contributed by atoms with E-state index in [-0.39, 0.29) is 5.91 Å². The average Bonchev–Trinajstić information content (AvgIpc) is 2.15. The molecular formula is C10H17NO3S. The van der Waals surface area contributed by atoms with Gasteiger partial charge in [0, 0.05) is 12.7 Å². The Morgan fingerprint density at radius 1 is 1.60 bits per heavy atom.